The van der Waals surface area contributed by atoms with Crippen molar-refractivity contribution in [2.45, 2.75) is 31.6 Å². The zero-order valence-corrected chi connectivity index (χ0v) is 9.23. The van der Waals surface area contributed by atoms with Crippen molar-refractivity contribution in [3.8, 4) is 0 Å². The maximum absolute atomic E-state index is 12.0. The molecule has 0 aliphatic rings. The topological polar surface area (TPSA) is 18.5 Å². The van der Waals surface area contributed by atoms with Crippen LogP contribution in [0.25, 0.3) is 0 Å². The summed E-state index contributed by atoms with van der Waals surface area (Å²) < 4.78 is 46.1. The van der Waals surface area contributed by atoms with Gasteiger partial charge in [-0.25, -0.2) is 0 Å². The molecule has 0 aliphatic heterocycles. The van der Waals surface area contributed by atoms with E-state index in [2.05, 4.69) is 0 Å². The van der Waals surface area contributed by atoms with Gasteiger partial charge in [-0.15, -0.1) is 0 Å². The fraction of sp³-hybridized carbons (Fsp3) is 1.00. The largest absolute Gasteiger partial charge is 0.398 e. The summed E-state index contributed by atoms with van der Waals surface area (Å²) in [6.07, 6.45) is -5.00. The minimum Gasteiger partial charge on any atom is -0.398 e. The molecule has 0 aromatic heterocycles. The second kappa shape index (κ2) is 4.43. The zero-order chi connectivity index (χ0) is 10.7. The Kier molecular flexibility index (Phi) is 4.41. The van der Waals surface area contributed by atoms with Crippen molar-refractivity contribution in [3.05, 3.63) is 0 Å². The first-order valence-electron chi connectivity index (χ1n) is 3.92. The van der Waals surface area contributed by atoms with E-state index in [1.807, 2.05) is 0 Å². The summed E-state index contributed by atoms with van der Waals surface area (Å²) in [6.45, 7) is 3.14. The van der Waals surface area contributed by atoms with Crippen LogP contribution in [0.3, 0.4) is 0 Å². The van der Waals surface area contributed by atoms with Crippen molar-refractivity contribution in [3.63, 3.8) is 0 Å². The van der Waals surface area contributed by atoms with Gasteiger partial charge in [-0.1, -0.05) is 6.92 Å². The monoisotopic (exact) mass is 216 g/mol. The van der Waals surface area contributed by atoms with Crippen LogP contribution < -0.4 is 0 Å². The van der Waals surface area contributed by atoms with E-state index in [0.29, 0.717) is 0 Å². The van der Waals surface area contributed by atoms with Crippen LogP contribution in [0.5, 0.6) is 0 Å². The number of hydrogen-bond acceptors (Lipinski definition) is 2. The van der Waals surface area contributed by atoms with Crippen LogP contribution in [0.2, 0.25) is 12.1 Å². The smallest absolute Gasteiger partial charge is 0.389 e. The normalized spacial score (nSPS) is 15.9. The van der Waals surface area contributed by atoms with Gasteiger partial charge in [-0.3, -0.25) is 0 Å². The first-order valence-corrected chi connectivity index (χ1v) is 6.31. The van der Waals surface area contributed by atoms with Crippen molar-refractivity contribution < 1.29 is 22.0 Å². The Bertz CT molecular complexity index is 156. The van der Waals surface area contributed by atoms with Crippen molar-refractivity contribution in [2.75, 3.05) is 14.2 Å². The van der Waals surface area contributed by atoms with Crippen LogP contribution in [0.4, 0.5) is 13.2 Å². The standard InChI is InChI=1S/C7H15F3O2Si/c1-6(5-7(8,9)10)13(4,11-2)12-3/h6H,5H2,1-4H3. The summed E-state index contributed by atoms with van der Waals surface area (Å²) in [5.74, 6) is 0. The van der Waals surface area contributed by atoms with Crippen LogP contribution in [0.15, 0.2) is 0 Å². The zero-order valence-electron chi connectivity index (χ0n) is 8.23. The van der Waals surface area contributed by atoms with E-state index in [1.165, 1.54) is 21.1 Å². The Balaban J connectivity index is 4.31. The van der Waals surface area contributed by atoms with Gasteiger partial charge in [0.1, 0.15) is 0 Å². The van der Waals surface area contributed by atoms with Crippen LogP contribution >= 0.6 is 0 Å². The SMILES string of the molecule is CO[Si](C)(OC)C(C)CC(F)(F)F. The van der Waals surface area contributed by atoms with Gasteiger partial charge in [-0.05, 0) is 6.55 Å². The maximum Gasteiger partial charge on any atom is 0.389 e. The molecule has 0 amide bonds. The van der Waals surface area contributed by atoms with E-state index in [9.17, 15) is 13.2 Å². The van der Waals surface area contributed by atoms with Gasteiger partial charge < -0.3 is 8.85 Å². The lowest BCUT2D eigenvalue weighted by Gasteiger charge is -2.29. The van der Waals surface area contributed by atoms with E-state index >= 15 is 0 Å². The molecule has 80 valence electrons. The van der Waals surface area contributed by atoms with Gasteiger partial charge in [0.25, 0.3) is 0 Å². The van der Waals surface area contributed by atoms with E-state index in [0.717, 1.165) is 0 Å². The minimum atomic E-state index is -4.15. The lowest BCUT2D eigenvalue weighted by molar-refractivity contribution is -0.136. The lowest BCUT2D eigenvalue weighted by atomic mass is 10.3. The lowest BCUT2D eigenvalue weighted by Crippen LogP contribution is -2.42. The number of hydrogen-bond donors (Lipinski definition) is 0. The van der Waals surface area contributed by atoms with Crippen LogP contribution in [-0.4, -0.2) is 29.0 Å². The average molecular weight is 216 g/mol. The Morgan fingerprint density at radius 2 is 1.62 bits per heavy atom. The summed E-state index contributed by atoms with van der Waals surface area (Å²) >= 11 is 0. The molecule has 0 N–H and O–H groups in total. The highest BCUT2D eigenvalue weighted by Crippen LogP contribution is 2.34. The first-order chi connectivity index (χ1) is 5.75. The highest BCUT2D eigenvalue weighted by molar-refractivity contribution is 6.67. The molecular formula is C7H15F3O2Si. The van der Waals surface area contributed by atoms with Gasteiger partial charge >= 0.3 is 14.7 Å². The molecule has 0 radical (unpaired) electrons. The Labute approximate surface area is 77.3 Å². The van der Waals surface area contributed by atoms with Gasteiger partial charge in [0.05, 0.1) is 0 Å². The van der Waals surface area contributed by atoms with Gasteiger partial charge in [0, 0.05) is 26.2 Å². The molecule has 2 nitrogen and oxygen atoms in total. The van der Waals surface area contributed by atoms with Crippen molar-refractivity contribution >= 4 is 8.56 Å². The third-order valence-corrected chi connectivity index (χ3v) is 5.86. The maximum atomic E-state index is 12.0. The number of halogens is 3. The molecule has 0 saturated heterocycles. The molecule has 1 atom stereocenters. The molecule has 0 fully saturated rings. The molecule has 0 spiro atoms. The molecule has 0 aromatic carbocycles. The van der Waals surface area contributed by atoms with Crippen LogP contribution in [0.1, 0.15) is 13.3 Å². The predicted molar refractivity (Wildman–Crippen MR) is 45.7 cm³/mol. The van der Waals surface area contributed by atoms with Gasteiger partial charge in [-0.2, -0.15) is 13.2 Å². The molecule has 0 heterocycles. The quantitative estimate of drug-likeness (QED) is 0.673. The highest BCUT2D eigenvalue weighted by atomic mass is 28.4. The molecule has 1 unspecified atom stereocenters. The van der Waals surface area contributed by atoms with Crippen molar-refractivity contribution in [2.24, 2.45) is 0 Å². The minimum absolute atomic E-state index is 0.595. The molecule has 13 heavy (non-hydrogen) atoms. The summed E-state index contributed by atoms with van der Waals surface area (Å²) in [4.78, 5) is 0. The fourth-order valence-electron chi connectivity index (χ4n) is 1.02. The van der Waals surface area contributed by atoms with Gasteiger partial charge in [0.2, 0.25) is 0 Å². The average Bonchev–Trinajstić information content (AvgIpc) is 2.00. The predicted octanol–water partition coefficient (Wildman–Crippen LogP) is 2.69. The summed E-state index contributed by atoms with van der Waals surface area (Å²) in [7, 11) is 0.152. The second-order valence-corrected chi connectivity index (χ2v) is 6.98. The molecular weight excluding hydrogens is 201 g/mol. The third kappa shape index (κ3) is 4.10. The Morgan fingerprint density at radius 1 is 1.23 bits per heavy atom. The molecule has 0 aliphatic carbocycles. The van der Waals surface area contributed by atoms with Crippen LogP contribution in [-0.2, 0) is 8.85 Å². The fourth-order valence-corrected chi connectivity index (χ4v) is 2.59. The second-order valence-electron chi connectivity index (χ2n) is 3.14. The van der Waals surface area contributed by atoms with Gasteiger partial charge in [0.15, 0.2) is 0 Å². The third-order valence-electron chi connectivity index (χ3n) is 2.24. The summed E-state index contributed by atoms with van der Waals surface area (Å²) in [5, 5.41) is 0. The number of alkyl halides is 3. The molecule has 0 bridgehead atoms. The van der Waals surface area contributed by atoms with Crippen molar-refractivity contribution in [1.29, 1.82) is 0 Å². The van der Waals surface area contributed by atoms with E-state index in [-0.39, 0.29) is 0 Å². The van der Waals surface area contributed by atoms with Crippen LogP contribution in [0, 0.1) is 0 Å². The van der Waals surface area contributed by atoms with E-state index < -0.39 is 26.7 Å². The summed E-state index contributed by atoms with van der Waals surface area (Å²) in [6, 6.07) is 0. The highest BCUT2D eigenvalue weighted by Gasteiger charge is 2.43. The molecule has 0 rings (SSSR count). The molecule has 6 heteroatoms. The molecule has 0 aromatic rings. The molecule has 0 saturated carbocycles. The summed E-state index contributed by atoms with van der Waals surface area (Å²) in [5.41, 5.74) is -0.595. The van der Waals surface area contributed by atoms with Crippen molar-refractivity contribution in [1.82, 2.24) is 0 Å². The van der Waals surface area contributed by atoms with E-state index in [4.69, 9.17) is 8.85 Å². The number of rotatable bonds is 4. The Morgan fingerprint density at radius 3 is 1.85 bits per heavy atom. The van der Waals surface area contributed by atoms with E-state index in [1.54, 1.807) is 6.55 Å². The first kappa shape index (κ1) is 12.9. The Hall–Kier alpha value is -0.0731.